The Morgan fingerprint density at radius 1 is 1.11 bits per heavy atom. The molecule has 0 heterocycles. The van der Waals surface area contributed by atoms with Gasteiger partial charge in [-0.3, -0.25) is 0 Å². The van der Waals surface area contributed by atoms with Crippen molar-refractivity contribution in [2.75, 3.05) is 6.54 Å². The molecule has 18 heavy (non-hydrogen) atoms. The lowest BCUT2D eigenvalue weighted by molar-refractivity contribution is 0.632. The second-order valence-corrected chi connectivity index (χ2v) is 5.58. The minimum atomic E-state index is 0. The first-order valence-corrected chi connectivity index (χ1v) is 7.27. The van der Waals surface area contributed by atoms with E-state index < -0.39 is 0 Å². The summed E-state index contributed by atoms with van der Waals surface area (Å²) in [5, 5.41) is 3.51. The van der Waals surface area contributed by atoms with Gasteiger partial charge in [0, 0.05) is 11.0 Å². The van der Waals surface area contributed by atoms with E-state index in [2.05, 4.69) is 51.6 Å². The largest absolute Gasteiger partial charge is 0.312 e. The Bertz CT molecular complexity index is 373. The summed E-state index contributed by atoms with van der Waals surface area (Å²) in [6, 6.07) is 8.52. The maximum absolute atomic E-state index is 3.51. The van der Waals surface area contributed by atoms with Gasteiger partial charge in [-0.05, 0) is 56.3 Å². The van der Waals surface area contributed by atoms with Crippen LogP contribution in [0, 0.1) is 0 Å². The minimum Gasteiger partial charge on any atom is -0.312 e. The van der Waals surface area contributed by atoms with Gasteiger partial charge in [-0.25, -0.2) is 0 Å². The van der Waals surface area contributed by atoms with Gasteiger partial charge in [0.15, 0.2) is 0 Å². The van der Waals surface area contributed by atoms with Crippen LogP contribution >= 0.6 is 28.3 Å². The lowest BCUT2D eigenvalue weighted by Crippen LogP contribution is -2.15. The number of benzene rings is 1. The van der Waals surface area contributed by atoms with Gasteiger partial charge >= 0.3 is 0 Å². The molecular formula is C15H21BrClN. The van der Waals surface area contributed by atoms with Crippen molar-refractivity contribution in [1.82, 2.24) is 5.32 Å². The summed E-state index contributed by atoms with van der Waals surface area (Å²) in [6.45, 7) is 2.07. The average Bonchev–Trinajstić information content (AvgIpc) is 2.38. The fraction of sp³-hybridized carbons (Fsp3) is 0.467. The van der Waals surface area contributed by atoms with Crippen LogP contribution in [-0.4, -0.2) is 6.54 Å². The molecule has 100 valence electrons. The molecular weight excluding hydrogens is 310 g/mol. The Balaban J connectivity index is 0.00000162. The highest BCUT2D eigenvalue weighted by Gasteiger charge is 2.02. The second kappa shape index (κ2) is 8.73. The molecule has 0 fully saturated rings. The Hall–Kier alpha value is -0.310. The second-order valence-electron chi connectivity index (χ2n) is 4.66. The van der Waals surface area contributed by atoms with Crippen molar-refractivity contribution < 1.29 is 0 Å². The quantitative estimate of drug-likeness (QED) is 0.601. The van der Waals surface area contributed by atoms with Crippen LogP contribution < -0.4 is 5.32 Å². The monoisotopic (exact) mass is 329 g/mol. The lowest BCUT2D eigenvalue weighted by Gasteiger charge is -2.12. The fourth-order valence-electron chi connectivity index (χ4n) is 2.22. The van der Waals surface area contributed by atoms with Crippen LogP contribution in [0.4, 0.5) is 0 Å². The van der Waals surface area contributed by atoms with E-state index in [4.69, 9.17) is 0 Å². The highest BCUT2D eigenvalue weighted by atomic mass is 79.9. The standard InChI is InChI=1S/C15H20BrN.ClH/c16-15-8-6-14(7-9-15)12-17-11-10-13-4-2-1-3-5-13;/h4,6-9,17H,1-3,5,10-12H2;1H. The molecule has 0 radical (unpaired) electrons. The van der Waals surface area contributed by atoms with E-state index in [0.717, 1.165) is 17.6 Å². The summed E-state index contributed by atoms with van der Waals surface area (Å²) >= 11 is 3.45. The molecule has 0 amide bonds. The molecule has 0 saturated heterocycles. The van der Waals surface area contributed by atoms with Crippen LogP contribution in [-0.2, 0) is 6.54 Å². The Kier molecular flexibility index (Phi) is 7.64. The first-order valence-electron chi connectivity index (χ1n) is 6.48. The lowest BCUT2D eigenvalue weighted by atomic mass is 9.97. The van der Waals surface area contributed by atoms with E-state index in [1.54, 1.807) is 5.57 Å². The molecule has 1 aliphatic carbocycles. The molecule has 0 atom stereocenters. The normalized spacial score (nSPS) is 14.8. The molecule has 0 saturated carbocycles. The molecule has 3 heteroatoms. The third-order valence-corrected chi connectivity index (χ3v) is 3.78. The number of nitrogens with one attached hydrogen (secondary N) is 1. The van der Waals surface area contributed by atoms with E-state index in [1.807, 2.05) is 0 Å². The van der Waals surface area contributed by atoms with Crippen LogP contribution in [0.15, 0.2) is 40.4 Å². The maximum Gasteiger partial charge on any atom is 0.0205 e. The molecule has 1 aliphatic rings. The van der Waals surface area contributed by atoms with E-state index >= 15 is 0 Å². The SMILES string of the molecule is Brc1ccc(CNCCC2=CCCCC2)cc1.Cl. The van der Waals surface area contributed by atoms with E-state index in [9.17, 15) is 0 Å². The minimum absolute atomic E-state index is 0. The molecule has 0 spiro atoms. The highest BCUT2D eigenvalue weighted by molar-refractivity contribution is 9.10. The van der Waals surface area contributed by atoms with Gasteiger partial charge in [0.05, 0.1) is 0 Å². The van der Waals surface area contributed by atoms with Gasteiger partial charge in [-0.15, -0.1) is 12.4 Å². The topological polar surface area (TPSA) is 12.0 Å². The number of halogens is 2. The van der Waals surface area contributed by atoms with Crippen molar-refractivity contribution >= 4 is 28.3 Å². The summed E-state index contributed by atoms with van der Waals surface area (Å²) in [5.41, 5.74) is 3.00. The van der Waals surface area contributed by atoms with Crippen molar-refractivity contribution in [3.05, 3.63) is 46.0 Å². The third-order valence-electron chi connectivity index (χ3n) is 3.25. The predicted molar refractivity (Wildman–Crippen MR) is 84.3 cm³/mol. The van der Waals surface area contributed by atoms with Crippen molar-refractivity contribution in [2.24, 2.45) is 0 Å². The van der Waals surface area contributed by atoms with Gasteiger partial charge in [0.1, 0.15) is 0 Å². The smallest absolute Gasteiger partial charge is 0.0205 e. The number of allylic oxidation sites excluding steroid dienone is 1. The van der Waals surface area contributed by atoms with Crippen LogP contribution in [0.25, 0.3) is 0 Å². The Morgan fingerprint density at radius 3 is 2.56 bits per heavy atom. The highest BCUT2D eigenvalue weighted by Crippen LogP contribution is 2.19. The van der Waals surface area contributed by atoms with E-state index in [1.165, 1.54) is 37.7 Å². The summed E-state index contributed by atoms with van der Waals surface area (Å²) in [5.74, 6) is 0. The molecule has 0 unspecified atom stereocenters. The van der Waals surface area contributed by atoms with E-state index in [-0.39, 0.29) is 12.4 Å². The molecule has 0 bridgehead atoms. The van der Waals surface area contributed by atoms with Crippen molar-refractivity contribution in [2.45, 2.75) is 38.6 Å². The molecule has 0 aliphatic heterocycles. The van der Waals surface area contributed by atoms with E-state index in [0.29, 0.717) is 0 Å². The summed E-state index contributed by atoms with van der Waals surface area (Å²) in [7, 11) is 0. The number of hydrogen-bond donors (Lipinski definition) is 1. The van der Waals surface area contributed by atoms with Gasteiger partial charge in [-0.2, -0.15) is 0 Å². The van der Waals surface area contributed by atoms with Gasteiger partial charge in [-0.1, -0.05) is 39.7 Å². The molecule has 1 aromatic rings. The van der Waals surface area contributed by atoms with Gasteiger partial charge < -0.3 is 5.32 Å². The molecule has 1 N–H and O–H groups in total. The fourth-order valence-corrected chi connectivity index (χ4v) is 2.48. The average molecular weight is 331 g/mol. The van der Waals surface area contributed by atoms with Gasteiger partial charge in [0.25, 0.3) is 0 Å². The van der Waals surface area contributed by atoms with Crippen molar-refractivity contribution in [1.29, 1.82) is 0 Å². The summed E-state index contributed by atoms with van der Waals surface area (Å²) < 4.78 is 1.15. The zero-order chi connectivity index (χ0) is 11.9. The summed E-state index contributed by atoms with van der Waals surface area (Å²) in [4.78, 5) is 0. The van der Waals surface area contributed by atoms with Crippen LogP contribution in [0.5, 0.6) is 0 Å². The summed E-state index contributed by atoms with van der Waals surface area (Å²) in [6.07, 6.45) is 9.04. The predicted octanol–water partition coefficient (Wildman–Crippen LogP) is 4.85. The molecule has 1 nitrogen and oxygen atoms in total. The first kappa shape index (κ1) is 15.7. The first-order chi connectivity index (χ1) is 8.34. The number of hydrogen-bond acceptors (Lipinski definition) is 1. The van der Waals surface area contributed by atoms with Crippen molar-refractivity contribution in [3.8, 4) is 0 Å². The Morgan fingerprint density at radius 2 is 1.89 bits per heavy atom. The maximum atomic E-state index is 3.51. The molecule has 0 aromatic heterocycles. The zero-order valence-electron chi connectivity index (χ0n) is 10.6. The van der Waals surface area contributed by atoms with Crippen LogP contribution in [0.2, 0.25) is 0 Å². The number of rotatable bonds is 5. The van der Waals surface area contributed by atoms with Gasteiger partial charge in [0.2, 0.25) is 0 Å². The Labute approximate surface area is 125 Å². The van der Waals surface area contributed by atoms with Crippen LogP contribution in [0.1, 0.15) is 37.7 Å². The molecule has 1 aromatic carbocycles. The van der Waals surface area contributed by atoms with Crippen molar-refractivity contribution in [3.63, 3.8) is 0 Å². The zero-order valence-corrected chi connectivity index (χ0v) is 13.0. The third kappa shape index (κ3) is 5.55. The molecule has 2 rings (SSSR count). The van der Waals surface area contributed by atoms with Crippen LogP contribution in [0.3, 0.4) is 0 Å².